The Kier molecular flexibility index (Phi) is 4.31. The number of benzene rings is 1. The van der Waals surface area contributed by atoms with Crippen molar-refractivity contribution < 1.29 is 24.9 Å². The SMILES string of the molecule is [2H]C([2H])(OC)C([2H])([2H])Oc1ccc(N2CCN(C([2H])([2H])C([2H])([2H])n3ncc4c3nc(N)n3nc(-c5ccco5)nc43)CC2)cc1. The smallest absolute Gasteiger partial charge is 0.225 e. The molecule has 1 fully saturated rings. The fourth-order valence-electron chi connectivity index (χ4n) is 4.04. The van der Waals surface area contributed by atoms with Crippen LogP contribution in [0.4, 0.5) is 11.6 Å². The van der Waals surface area contributed by atoms with Crippen LogP contribution in [0.3, 0.4) is 0 Å². The van der Waals surface area contributed by atoms with Crippen LogP contribution in [0, 0.1) is 0 Å². The molecule has 12 heteroatoms. The van der Waals surface area contributed by atoms with Crippen molar-refractivity contribution in [1.29, 1.82) is 0 Å². The van der Waals surface area contributed by atoms with E-state index < -0.39 is 26.1 Å². The molecule has 5 aromatic rings. The van der Waals surface area contributed by atoms with Gasteiger partial charge >= 0.3 is 0 Å². The van der Waals surface area contributed by atoms with Gasteiger partial charge in [-0.05, 0) is 36.4 Å². The summed E-state index contributed by atoms with van der Waals surface area (Å²) < 4.78 is 83.8. The third-order valence-electron chi connectivity index (χ3n) is 5.88. The van der Waals surface area contributed by atoms with Gasteiger partial charge in [-0.25, -0.2) is 9.67 Å². The van der Waals surface area contributed by atoms with Crippen molar-refractivity contribution in [3.63, 3.8) is 0 Å². The van der Waals surface area contributed by atoms with Crippen LogP contribution in [-0.4, -0.2) is 87.2 Å². The van der Waals surface area contributed by atoms with E-state index in [2.05, 4.69) is 24.9 Å². The Morgan fingerprint density at radius 1 is 1.03 bits per heavy atom. The van der Waals surface area contributed by atoms with Gasteiger partial charge in [-0.1, -0.05) is 0 Å². The quantitative estimate of drug-likeness (QED) is 0.315. The lowest BCUT2D eigenvalue weighted by atomic mass is 10.2. The van der Waals surface area contributed by atoms with Gasteiger partial charge in [-0.2, -0.15) is 14.6 Å². The zero-order valence-electron chi connectivity index (χ0n) is 27.8. The molecule has 1 aromatic carbocycles. The summed E-state index contributed by atoms with van der Waals surface area (Å²) in [6.07, 6.45) is 2.83. The summed E-state index contributed by atoms with van der Waals surface area (Å²) >= 11 is 0. The number of aromatic nitrogens is 6. The third-order valence-corrected chi connectivity index (χ3v) is 5.88. The molecule has 1 aliphatic rings. The molecule has 4 aromatic heterocycles. The number of anilines is 2. The average Bonchev–Trinajstić information content (AvgIpc) is 3.77. The zero-order chi connectivity index (χ0) is 32.4. The molecule has 0 radical (unpaired) electrons. The van der Waals surface area contributed by atoms with E-state index in [0.29, 0.717) is 24.2 Å². The van der Waals surface area contributed by atoms with E-state index in [1.807, 2.05) is 4.90 Å². The number of hydrogen-bond donors (Lipinski definition) is 1. The fourth-order valence-corrected chi connectivity index (χ4v) is 4.04. The van der Waals surface area contributed by atoms with E-state index in [1.54, 1.807) is 24.3 Å². The molecule has 0 spiro atoms. The van der Waals surface area contributed by atoms with Crippen molar-refractivity contribution in [3.05, 3.63) is 48.9 Å². The van der Waals surface area contributed by atoms with E-state index in [9.17, 15) is 0 Å². The Bertz CT molecular complexity index is 1820. The van der Waals surface area contributed by atoms with Crippen molar-refractivity contribution in [1.82, 2.24) is 34.3 Å². The first kappa shape index (κ1) is 15.8. The molecule has 2 N–H and O–H groups in total. The van der Waals surface area contributed by atoms with Gasteiger partial charge in [0.1, 0.15) is 12.3 Å². The second-order valence-corrected chi connectivity index (χ2v) is 8.11. The van der Waals surface area contributed by atoms with Crippen molar-refractivity contribution in [2.45, 2.75) is 6.50 Å². The minimum atomic E-state index is -2.73. The Labute approximate surface area is 224 Å². The minimum Gasteiger partial charge on any atom is -0.491 e. The largest absolute Gasteiger partial charge is 0.491 e. The van der Waals surface area contributed by atoms with Crippen LogP contribution in [0.5, 0.6) is 5.75 Å². The summed E-state index contributed by atoms with van der Waals surface area (Å²) in [5.74, 6) is 0.679. The number of aryl methyl sites for hydroxylation is 1. The van der Waals surface area contributed by atoms with Gasteiger partial charge in [0.25, 0.3) is 0 Å². The van der Waals surface area contributed by atoms with Gasteiger partial charge < -0.3 is 24.5 Å². The van der Waals surface area contributed by atoms with Gasteiger partial charge in [0, 0.05) is 48.2 Å². The predicted molar refractivity (Wildman–Crippen MR) is 139 cm³/mol. The van der Waals surface area contributed by atoms with E-state index >= 15 is 0 Å². The van der Waals surface area contributed by atoms with Gasteiger partial charge in [0.15, 0.2) is 17.1 Å². The summed E-state index contributed by atoms with van der Waals surface area (Å²) in [4.78, 5) is 12.1. The summed E-state index contributed by atoms with van der Waals surface area (Å²) in [6.45, 7) is -9.50. The lowest BCUT2D eigenvalue weighted by molar-refractivity contribution is 0.146. The number of fused-ring (bicyclic) bond motifs is 3. The average molecular weight is 512 g/mol. The topological polar surface area (TPSA) is 125 Å². The summed E-state index contributed by atoms with van der Waals surface area (Å²) in [7, 11) is 1.05. The molecule has 1 saturated heterocycles. The molecule has 1 aliphatic heterocycles. The Balaban J connectivity index is 1.19. The van der Waals surface area contributed by atoms with Crippen molar-refractivity contribution in [2.24, 2.45) is 0 Å². The van der Waals surface area contributed by atoms with Crippen LogP contribution < -0.4 is 15.4 Å². The number of hydrogen-bond acceptors (Lipinski definition) is 10. The second-order valence-electron chi connectivity index (χ2n) is 8.11. The normalized spacial score (nSPS) is 19.4. The van der Waals surface area contributed by atoms with Crippen molar-refractivity contribution >= 4 is 28.3 Å². The molecule has 5 heterocycles. The first-order valence-electron chi connectivity index (χ1n) is 15.4. The molecule has 6 rings (SSSR count). The van der Waals surface area contributed by atoms with Gasteiger partial charge in [0.05, 0.1) is 39.1 Å². The molecule has 0 amide bonds. The molecule has 12 nitrogen and oxygen atoms in total. The molecule has 0 atom stereocenters. The standard InChI is InChI=1S/C25H29N9O3/c1-35-15-16-36-19-6-4-18(5-7-19)32-11-8-31(9-12-32)10-13-33-23-20(17-27-33)24-28-22(21-3-2-14-37-21)30-34(24)25(26)29-23/h2-7,14,17H,8-13,15-16H2,1H3,(H2,26,29)/i10D2,13D2,15D2,16D2. The highest BCUT2D eigenvalue weighted by molar-refractivity contribution is 5.90. The molecule has 0 unspecified atom stereocenters. The molecule has 0 saturated carbocycles. The summed E-state index contributed by atoms with van der Waals surface area (Å²) in [5, 5.41) is 8.84. The highest BCUT2D eigenvalue weighted by Crippen LogP contribution is 2.24. The number of furan rings is 1. The van der Waals surface area contributed by atoms with Crippen molar-refractivity contribution in [3.8, 4) is 17.3 Å². The molecule has 37 heavy (non-hydrogen) atoms. The lowest BCUT2D eigenvalue weighted by Gasteiger charge is -2.36. The molecular formula is C25H29N9O3. The van der Waals surface area contributed by atoms with Crippen LogP contribution in [0.15, 0.2) is 53.3 Å². The van der Waals surface area contributed by atoms with Crippen LogP contribution >= 0.6 is 0 Å². The zero-order valence-corrected chi connectivity index (χ0v) is 19.8. The number of nitrogen functional groups attached to an aromatic ring is 1. The highest BCUT2D eigenvalue weighted by Gasteiger charge is 2.20. The number of nitrogens with two attached hydrogens (primary N) is 1. The van der Waals surface area contributed by atoms with E-state index in [0.717, 1.165) is 17.5 Å². The molecular weight excluding hydrogens is 474 g/mol. The van der Waals surface area contributed by atoms with E-state index in [-0.39, 0.29) is 41.9 Å². The number of methoxy groups -OCH3 is 1. The molecule has 0 bridgehead atoms. The first-order chi connectivity index (χ1) is 21.2. The summed E-state index contributed by atoms with van der Waals surface area (Å²) in [5.41, 5.74) is 7.18. The highest BCUT2D eigenvalue weighted by atomic mass is 16.5. The number of rotatable bonds is 9. The maximum absolute atomic E-state index is 8.89. The molecule has 192 valence electrons. The number of ether oxygens (including phenoxy) is 2. The minimum absolute atomic E-state index is 0.0103. The van der Waals surface area contributed by atoms with Gasteiger partial charge in [0.2, 0.25) is 11.8 Å². The van der Waals surface area contributed by atoms with Gasteiger partial charge in [-0.15, -0.1) is 5.10 Å². The van der Waals surface area contributed by atoms with Crippen LogP contribution in [0.2, 0.25) is 0 Å². The Morgan fingerprint density at radius 3 is 2.62 bits per heavy atom. The van der Waals surface area contributed by atoms with Crippen LogP contribution in [0.1, 0.15) is 11.0 Å². The van der Waals surface area contributed by atoms with Gasteiger partial charge in [-0.3, -0.25) is 4.90 Å². The Hall–Kier alpha value is -4.16. The third kappa shape index (κ3) is 4.68. The first-order valence-corrected chi connectivity index (χ1v) is 11.4. The van der Waals surface area contributed by atoms with E-state index in [1.165, 1.54) is 34.0 Å². The maximum Gasteiger partial charge on any atom is 0.225 e. The van der Waals surface area contributed by atoms with E-state index in [4.69, 9.17) is 25.9 Å². The van der Waals surface area contributed by atoms with Crippen molar-refractivity contribution in [2.75, 3.05) is 63.5 Å². The number of piperazine rings is 1. The maximum atomic E-state index is 8.89. The predicted octanol–water partition coefficient (Wildman–Crippen LogP) is 2.16. The lowest BCUT2D eigenvalue weighted by Crippen LogP contribution is -2.47. The van der Waals surface area contributed by atoms with Crippen LogP contribution in [-0.2, 0) is 11.2 Å². The fraction of sp³-hybridized carbons (Fsp3) is 0.360. The Morgan fingerprint density at radius 2 is 1.86 bits per heavy atom. The van der Waals surface area contributed by atoms with Crippen LogP contribution in [0.25, 0.3) is 28.3 Å². The molecule has 0 aliphatic carbocycles. The second kappa shape index (κ2) is 10.1. The monoisotopic (exact) mass is 511 g/mol. The number of nitrogens with zero attached hydrogens (tertiary/aromatic N) is 8. The summed E-state index contributed by atoms with van der Waals surface area (Å²) in [6, 6.07) is 9.76.